The van der Waals surface area contributed by atoms with E-state index in [1.165, 1.54) is 22.3 Å². The van der Waals surface area contributed by atoms with Crippen LogP contribution in [0.2, 0.25) is 0 Å². The molecule has 0 saturated heterocycles. The Morgan fingerprint density at radius 1 is 1.04 bits per heavy atom. The van der Waals surface area contributed by atoms with E-state index in [0.29, 0.717) is 6.42 Å². The molecular weight excluding hydrogens is 300 g/mol. The van der Waals surface area contributed by atoms with Crippen LogP contribution in [-0.4, -0.2) is 35.5 Å². The fourth-order valence-electron chi connectivity index (χ4n) is 3.57. The normalized spacial score (nSPS) is 21.3. The Bertz CT molecular complexity index is 674. The van der Waals surface area contributed by atoms with Crippen LogP contribution in [0.1, 0.15) is 28.3 Å². The number of aliphatic hydroxyl groups is 2. The highest BCUT2D eigenvalue weighted by Gasteiger charge is 2.26. The van der Waals surface area contributed by atoms with E-state index in [0.717, 1.165) is 12.8 Å². The van der Waals surface area contributed by atoms with Crippen molar-refractivity contribution < 1.29 is 10.2 Å². The highest BCUT2D eigenvalue weighted by Crippen LogP contribution is 2.29. The highest BCUT2D eigenvalue weighted by molar-refractivity contribution is 5.36. The van der Waals surface area contributed by atoms with Gasteiger partial charge in [-0.25, -0.2) is 0 Å². The second-order valence-corrected chi connectivity index (χ2v) is 6.62. The number of nitrogens with one attached hydrogen (secondary N) is 1. The van der Waals surface area contributed by atoms with Gasteiger partial charge in [0.2, 0.25) is 0 Å². The predicted molar refractivity (Wildman–Crippen MR) is 95.8 cm³/mol. The van der Waals surface area contributed by atoms with Gasteiger partial charge in [-0.05, 0) is 41.5 Å². The van der Waals surface area contributed by atoms with Gasteiger partial charge in [0.1, 0.15) is 0 Å². The number of benzene rings is 2. The van der Waals surface area contributed by atoms with Gasteiger partial charge in [0, 0.05) is 18.1 Å². The van der Waals surface area contributed by atoms with Gasteiger partial charge in [-0.3, -0.25) is 0 Å². The Labute approximate surface area is 143 Å². The Morgan fingerprint density at radius 3 is 2.50 bits per heavy atom. The molecule has 0 amide bonds. The maximum Gasteiger partial charge on any atom is 0.0588 e. The van der Waals surface area contributed by atoms with Gasteiger partial charge in [0.05, 0.1) is 13.2 Å². The molecule has 3 rings (SSSR count). The summed E-state index contributed by atoms with van der Waals surface area (Å²) in [5, 5.41) is 22.4. The van der Waals surface area contributed by atoms with Crippen LogP contribution in [-0.2, 0) is 19.3 Å². The molecule has 2 aromatic carbocycles. The van der Waals surface area contributed by atoms with Gasteiger partial charge < -0.3 is 21.3 Å². The van der Waals surface area contributed by atoms with Gasteiger partial charge in [0.25, 0.3) is 0 Å². The smallest absolute Gasteiger partial charge is 0.0588 e. The van der Waals surface area contributed by atoms with Gasteiger partial charge in [-0.2, -0.15) is 0 Å². The first-order chi connectivity index (χ1) is 11.7. The van der Waals surface area contributed by atoms with Crippen molar-refractivity contribution in [3.63, 3.8) is 0 Å². The van der Waals surface area contributed by atoms with Crippen LogP contribution in [0, 0.1) is 0 Å². The Hall–Kier alpha value is -1.72. The summed E-state index contributed by atoms with van der Waals surface area (Å²) in [6, 6.07) is 16.8. The van der Waals surface area contributed by atoms with E-state index in [9.17, 15) is 10.2 Å². The summed E-state index contributed by atoms with van der Waals surface area (Å²) in [6.45, 7) is 0.132. The van der Waals surface area contributed by atoms with Crippen molar-refractivity contribution in [1.29, 1.82) is 0 Å². The third-order valence-electron chi connectivity index (χ3n) is 4.81. The molecule has 4 nitrogen and oxygen atoms in total. The first kappa shape index (κ1) is 17.1. The zero-order chi connectivity index (χ0) is 16.9. The summed E-state index contributed by atoms with van der Waals surface area (Å²) in [4.78, 5) is 0. The largest absolute Gasteiger partial charge is 0.395 e. The maximum absolute atomic E-state index is 9.60. The minimum atomic E-state index is -0.233. The number of aliphatic hydroxyl groups excluding tert-OH is 2. The van der Waals surface area contributed by atoms with Gasteiger partial charge >= 0.3 is 0 Å². The van der Waals surface area contributed by atoms with Crippen LogP contribution in [0.15, 0.2) is 48.5 Å². The fourth-order valence-corrected chi connectivity index (χ4v) is 3.57. The zero-order valence-electron chi connectivity index (χ0n) is 13.9. The molecule has 0 bridgehead atoms. The summed E-state index contributed by atoms with van der Waals surface area (Å²) >= 11 is 0. The van der Waals surface area contributed by atoms with E-state index in [2.05, 4.69) is 41.7 Å². The average Bonchev–Trinajstić information content (AvgIpc) is 2.63. The molecule has 5 N–H and O–H groups in total. The Balaban J connectivity index is 1.86. The maximum atomic E-state index is 9.60. The summed E-state index contributed by atoms with van der Waals surface area (Å²) in [7, 11) is 0. The van der Waals surface area contributed by atoms with Crippen LogP contribution < -0.4 is 11.1 Å². The van der Waals surface area contributed by atoms with Gasteiger partial charge in [-0.15, -0.1) is 0 Å². The summed E-state index contributed by atoms with van der Waals surface area (Å²) in [6.07, 6.45) is 2.38. The number of nitrogens with two attached hydrogens (primary N) is 1. The van der Waals surface area contributed by atoms with Gasteiger partial charge in [-0.1, -0.05) is 48.5 Å². The molecule has 1 aliphatic heterocycles. The van der Waals surface area contributed by atoms with Crippen molar-refractivity contribution in [3.05, 3.63) is 70.8 Å². The predicted octanol–water partition coefficient (Wildman–Crippen LogP) is 1.34. The molecular formula is C20H26N2O2. The molecule has 0 unspecified atom stereocenters. The summed E-state index contributed by atoms with van der Waals surface area (Å²) < 4.78 is 0. The number of hydrogen-bond acceptors (Lipinski definition) is 4. The lowest BCUT2D eigenvalue weighted by atomic mass is 9.86. The van der Waals surface area contributed by atoms with E-state index >= 15 is 0 Å². The quantitative estimate of drug-likeness (QED) is 0.646. The molecule has 0 aromatic heterocycles. The van der Waals surface area contributed by atoms with Crippen LogP contribution in [0.4, 0.5) is 0 Å². The highest BCUT2D eigenvalue weighted by atomic mass is 16.3. The second-order valence-electron chi connectivity index (χ2n) is 6.62. The van der Waals surface area contributed by atoms with E-state index in [1.54, 1.807) is 0 Å². The molecule has 1 heterocycles. The van der Waals surface area contributed by atoms with Crippen LogP contribution in [0.25, 0.3) is 0 Å². The lowest BCUT2D eigenvalue weighted by molar-refractivity contribution is 0.222. The topological polar surface area (TPSA) is 78.5 Å². The Kier molecular flexibility index (Phi) is 5.63. The third kappa shape index (κ3) is 3.84. The third-order valence-corrected chi connectivity index (χ3v) is 4.81. The molecule has 1 aliphatic rings. The molecule has 0 fully saturated rings. The fraction of sp³-hybridized carbons (Fsp3) is 0.400. The van der Waals surface area contributed by atoms with Crippen molar-refractivity contribution in [2.75, 3.05) is 13.2 Å². The molecule has 4 heteroatoms. The van der Waals surface area contributed by atoms with Crippen LogP contribution in [0.5, 0.6) is 0 Å². The van der Waals surface area contributed by atoms with Crippen molar-refractivity contribution in [1.82, 2.24) is 5.32 Å². The van der Waals surface area contributed by atoms with Crippen molar-refractivity contribution in [3.8, 4) is 0 Å². The van der Waals surface area contributed by atoms with E-state index < -0.39 is 0 Å². The zero-order valence-corrected chi connectivity index (χ0v) is 13.9. The SMILES string of the molecule is N[C@H](CO)Cc1ccccc1C[C@H]1N[C@H](CO)Cc2ccccc21. The van der Waals surface area contributed by atoms with E-state index in [4.69, 9.17) is 5.73 Å². The molecule has 0 saturated carbocycles. The number of rotatable bonds is 6. The van der Waals surface area contributed by atoms with Crippen LogP contribution >= 0.6 is 0 Å². The minimum Gasteiger partial charge on any atom is -0.395 e. The molecule has 0 spiro atoms. The molecule has 0 aliphatic carbocycles. The summed E-state index contributed by atoms with van der Waals surface area (Å²) in [5.74, 6) is 0. The van der Waals surface area contributed by atoms with E-state index in [1.807, 2.05) is 12.1 Å². The van der Waals surface area contributed by atoms with Gasteiger partial charge in [0.15, 0.2) is 0 Å². The minimum absolute atomic E-state index is 0.00850. The first-order valence-corrected chi connectivity index (χ1v) is 8.59. The summed E-state index contributed by atoms with van der Waals surface area (Å²) in [5.41, 5.74) is 11.0. The van der Waals surface area contributed by atoms with E-state index in [-0.39, 0.29) is 31.3 Å². The molecule has 0 radical (unpaired) electrons. The second kappa shape index (κ2) is 7.90. The monoisotopic (exact) mass is 326 g/mol. The van der Waals surface area contributed by atoms with Crippen molar-refractivity contribution in [2.24, 2.45) is 5.73 Å². The molecule has 128 valence electrons. The van der Waals surface area contributed by atoms with Crippen molar-refractivity contribution >= 4 is 0 Å². The first-order valence-electron chi connectivity index (χ1n) is 8.59. The van der Waals surface area contributed by atoms with Crippen molar-refractivity contribution in [2.45, 2.75) is 37.4 Å². The molecule has 24 heavy (non-hydrogen) atoms. The lowest BCUT2D eigenvalue weighted by Gasteiger charge is -2.33. The molecule has 2 aromatic rings. The average molecular weight is 326 g/mol. The number of hydrogen-bond donors (Lipinski definition) is 4. The standard InChI is InChI=1S/C20H26N2O2/c21-17(12-23)9-14-5-1-2-6-15(14)11-20-19-8-4-3-7-16(19)10-18(13-24)22-20/h1-8,17-18,20,22-24H,9-13,21H2/t17-,18-,20+/m0/s1. The molecule has 3 atom stereocenters. The Morgan fingerprint density at radius 2 is 1.75 bits per heavy atom. The number of fused-ring (bicyclic) bond motifs is 1. The lowest BCUT2D eigenvalue weighted by Crippen LogP contribution is -2.42. The van der Waals surface area contributed by atoms with Crippen LogP contribution in [0.3, 0.4) is 0 Å².